The summed E-state index contributed by atoms with van der Waals surface area (Å²) in [6, 6.07) is 3.77. The molecule has 1 N–H and O–H groups in total. The largest absolute Gasteiger partial charge is 0.310 e. The van der Waals surface area contributed by atoms with Crippen LogP contribution < -0.4 is 5.56 Å². The Morgan fingerprint density at radius 1 is 1.47 bits per heavy atom. The summed E-state index contributed by atoms with van der Waals surface area (Å²) in [7, 11) is 0. The zero-order chi connectivity index (χ0) is 11.0. The molecule has 0 saturated heterocycles. The number of rotatable bonds is 1. The maximum absolute atomic E-state index is 11.7. The molecule has 1 aromatic heterocycles. The van der Waals surface area contributed by atoms with Crippen molar-refractivity contribution in [2.75, 3.05) is 0 Å². The van der Waals surface area contributed by atoms with Gasteiger partial charge in [0.25, 0.3) is 5.56 Å². The van der Waals surface area contributed by atoms with Gasteiger partial charge in [0.15, 0.2) is 0 Å². The first-order chi connectivity index (χ1) is 7.11. The first kappa shape index (κ1) is 10.4. The normalized spacial score (nSPS) is 10.9. The monoisotopic (exact) mass is 266 g/mol. The van der Waals surface area contributed by atoms with Crippen molar-refractivity contribution in [2.45, 2.75) is 20.3 Å². The molecule has 2 rings (SSSR count). The number of fused-ring (bicyclic) bond motifs is 1. The fraction of sp³-hybridized carbons (Fsp3) is 0.273. The molecule has 0 aliphatic heterocycles. The Kier molecular flexibility index (Phi) is 2.61. The first-order valence-corrected chi connectivity index (χ1v) is 5.60. The van der Waals surface area contributed by atoms with Crippen molar-refractivity contribution < 1.29 is 0 Å². The van der Waals surface area contributed by atoms with Crippen molar-refractivity contribution in [3.8, 4) is 0 Å². The molecule has 1 aromatic carbocycles. The van der Waals surface area contributed by atoms with Gasteiger partial charge in [-0.15, -0.1) is 0 Å². The summed E-state index contributed by atoms with van der Waals surface area (Å²) in [6.45, 7) is 3.93. The minimum absolute atomic E-state index is 0.0683. The number of aromatic amines is 1. The van der Waals surface area contributed by atoms with Crippen LogP contribution >= 0.6 is 15.9 Å². The van der Waals surface area contributed by atoms with Crippen LogP contribution in [0.1, 0.15) is 18.3 Å². The summed E-state index contributed by atoms with van der Waals surface area (Å²) >= 11 is 3.37. The smallest absolute Gasteiger partial charge is 0.258 e. The highest BCUT2D eigenvalue weighted by Gasteiger charge is 2.06. The Morgan fingerprint density at radius 2 is 2.20 bits per heavy atom. The molecule has 0 atom stereocenters. The lowest BCUT2D eigenvalue weighted by Gasteiger charge is -2.04. The lowest BCUT2D eigenvalue weighted by atomic mass is 10.1. The Hall–Kier alpha value is -1.16. The molecule has 0 amide bonds. The van der Waals surface area contributed by atoms with Crippen molar-refractivity contribution in [3.63, 3.8) is 0 Å². The molecule has 0 radical (unpaired) electrons. The summed E-state index contributed by atoms with van der Waals surface area (Å²) in [5, 5.41) is 0.638. The highest BCUT2D eigenvalue weighted by Crippen LogP contribution is 2.19. The average molecular weight is 267 g/mol. The molecule has 3 nitrogen and oxygen atoms in total. The highest BCUT2D eigenvalue weighted by atomic mass is 79.9. The number of nitrogens with one attached hydrogen (secondary N) is 1. The van der Waals surface area contributed by atoms with Gasteiger partial charge in [-0.3, -0.25) is 4.79 Å². The molecule has 0 saturated carbocycles. The van der Waals surface area contributed by atoms with Gasteiger partial charge < -0.3 is 4.98 Å². The van der Waals surface area contributed by atoms with Crippen molar-refractivity contribution in [3.05, 3.63) is 38.3 Å². The van der Waals surface area contributed by atoms with Gasteiger partial charge in [-0.1, -0.05) is 22.9 Å². The number of nitrogens with zero attached hydrogens (tertiary/aromatic N) is 1. The summed E-state index contributed by atoms with van der Waals surface area (Å²) in [5.41, 5.74) is 1.74. The molecule has 1 heterocycles. The van der Waals surface area contributed by atoms with Crippen molar-refractivity contribution >= 4 is 26.8 Å². The fourth-order valence-electron chi connectivity index (χ4n) is 1.59. The number of aromatic nitrogens is 2. The predicted octanol–water partition coefficient (Wildman–Crippen LogP) is 2.56. The van der Waals surface area contributed by atoms with Crippen molar-refractivity contribution in [1.82, 2.24) is 9.97 Å². The molecule has 0 bridgehead atoms. The third kappa shape index (κ3) is 1.81. The topological polar surface area (TPSA) is 45.8 Å². The second-order valence-electron chi connectivity index (χ2n) is 3.49. The van der Waals surface area contributed by atoms with E-state index < -0.39 is 0 Å². The Bertz CT molecular complexity index is 575. The van der Waals surface area contributed by atoms with Gasteiger partial charge in [0.1, 0.15) is 5.82 Å². The van der Waals surface area contributed by atoms with Crippen molar-refractivity contribution in [2.24, 2.45) is 0 Å². The van der Waals surface area contributed by atoms with E-state index in [1.165, 1.54) is 0 Å². The molecule has 4 heteroatoms. The van der Waals surface area contributed by atoms with E-state index in [0.29, 0.717) is 5.39 Å². The first-order valence-electron chi connectivity index (χ1n) is 4.81. The van der Waals surface area contributed by atoms with Crippen LogP contribution in [0, 0.1) is 6.92 Å². The number of hydrogen-bond donors (Lipinski definition) is 1. The quantitative estimate of drug-likeness (QED) is 0.863. The Morgan fingerprint density at radius 3 is 2.87 bits per heavy atom. The zero-order valence-electron chi connectivity index (χ0n) is 8.60. The van der Waals surface area contributed by atoms with E-state index in [9.17, 15) is 4.79 Å². The van der Waals surface area contributed by atoms with Crippen LogP contribution in [0.2, 0.25) is 0 Å². The van der Waals surface area contributed by atoms with Crippen LogP contribution in [-0.4, -0.2) is 9.97 Å². The van der Waals surface area contributed by atoms with Gasteiger partial charge in [-0.2, -0.15) is 0 Å². The molecule has 0 spiro atoms. The maximum atomic E-state index is 11.7. The van der Waals surface area contributed by atoms with E-state index >= 15 is 0 Å². The van der Waals surface area contributed by atoms with Crippen LogP contribution in [-0.2, 0) is 6.42 Å². The number of aryl methyl sites for hydroxylation is 2. The van der Waals surface area contributed by atoms with Gasteiger partial charge in [0, 0.05) is 10.9 Å². The molecule has 0 aliphatic rings. The van der Waals surface area contributed by atoms with Crippen LogP contribution in [0.3, 0.4) is 0 Å². The molecule has 0 fully saturated rings. The molecular formula is C11H11BrN2O. The third-order valence-corrected chi connectivity index (χ3v) is 2.81. The number of halogens is 1. The molecule has 0 aliphatic carbocycles. The second kappa shape index (κ2) is 3.77. The third-order valence-electron chi connectivity index (χ3n) is 2.35. The SMILES string of the molecule is CCc1nc2c(C)cc(Br)cc2c(=O)[nH]1. The molecule has 15 heavy (non-hydrogen) atoms. The highest BCUT2D eigenvalue weighted by molar-refractivity contribution is 9.10. The lowest BCUT2D eigenvalue weighted by Crippen LogP contribution is -2.11. The van der Waals surface area contributed by atoms with Crippen LogP contribution in [0.25, 0.3) is 10.9 Å². The van der Waals surface area contributed by atoms with Gasteiger partial charge in [0.2, 0.25) is 0 Å². The second-order valence-corrected chi connectivity index (χ2v) is 4.40. The van der Waals surface area contributed by atoms with Gasteiger partial charge in [-0.05, 0) is 24.6 Å². The minimum atomic E-state index is -0.0683. The zero-order valence-corrected chi connectivity index (χ0v) is 10.2. The molecule has 78 valence electrons. The van der Waals surface area contributed by atoms with E-state index in [4.69, 9.17) is 0 Å². The van der Waals surface area contributed by atoms with Gasteiger partial charge >= 0.3 is 0 Å². The van der Waals surface area contributed by atoms with E-state index in [2.05, 4.69) is 25.9 Å². The predicted molar refractivity (Wildman–Crippen MR) is 64.2 cm³/mol. The van der Waals surface area contributed by atoms with Gasteiger partial charge in [0.05, 0.1) is 10.9 Å². The molecule has 2 aromatic rings. The maximum Gasteiger partial charge on any atom is 0.258 e. The number of H-pyrrole nitrogens is 1. The fourth-order valence-corrected chi connectivity index (χ4v) is 2.16. The summed E-state index contributed by atoms with van der Waals surface area (Å²) in [5.74, 6) is 0.734. The Labute approximate surface area is 95.7 Å². The number of benzene rings is 1. The van der Waals surface area contributed by atoms with Gasteiger partial charge in [-0.25, -0.2) is 4.98 Å². The minimum Gasteiger partial charge on any atom is -0.310 e. The van der Waals surface area contributed by atoms with E-state index in [-0.39, 0.29) is 5.56 Å². The van der Waals surface area contributed by atoms with Crippen molar-refractivity contribution in [1.29, 1.82) is 0 Å². The van der Waals surface area contributed by atoms with E-state index in [0.717, 1.165) is 27.8 Å². The molecular weight excluding hydrogens is 256 g/mol. The Balaban J connectivity index is 2.91. The van der Waals surface area contributed by atoms with E-state index in [1.807, 2.05) is 19.9 Å². The standard InChI is InChI=1S/C11H11BrN2O/c1-3-9-13-10-6(2)4-7(12)5-8(10)11(15)14-9/h4-5H,3H2,1-2H3,(H,13,14,15). The van der Waals surface area contributed by atoms with Crippen LogP contribution in [0.4, 0.5) is 0 Å². The lowest BCUT2D eigenvalue weighted by molar-refractivity contribution is 0.942. The van der Waals surface area contributed by atoms with Crippen LogP contribution in [0.5, 0.6) is 0 Å². The summed E-state index contributed by atoms with van der Waals surface area (Å²) in [6.07, 6.45) is 0.737. The average Bonchev–Trinajstić information content (AvgIpc) is 2.19. The van der Waals surface area contributed by atoms with Crippen LogP contribution in [0.15, 0.2) is 21.4 Å². The summed E-state index contributed by atoms with van der Waals surface area (Å²) in [4.78, 5) is 18.9. The molecule has 0 unspecified atom stereocenters. The van der Waals surface area contributed by atoms with E-state index in [1.54, 1.807) is 6.07 Å². The summed E-state index contributed by atoms with van der Waals surface area (Å²) < 4.78 is 0.907. The number of hydrogen-bond acceptors (Lipinski definition) is 2.